The molecule has 0 radical (unpaired) electrons. The van der Waals surface area contributed by atoms with Gasteiger partial charge in [-0.25, -0.2) is 4.98 Å². The number of hydrogen-bond donors (Lipinski definition) is 0. The minimum Gasteiger partial charge on any atom is -0.487 e. The smallest absolute Gasteiger partial charge is 0.171 e. The molecule has 0 aliphatic carbocycles. The molecule has 0 aromatic carbocycles. The minimum absolute atomic E-state index is 0.460. The van der Waals surface area contributed by atoms with E-state index in [1.54, 1.807) is 0 Å². The number of likely N-dealkylation sites (N-methyl/N-ethyl adjacent to an activating group) is 1. The van der Waals surface area contributed by atoms with Crippen LogP contribution in [0.25, 0.3) is 0 Å². The van der Waals surface area contributed by atoms with Crippen molar-refractivity contribution in [3.8, 4) is 5.75 Å². The lowest BCUT2D eigenvalue weighted by Gasteiger charge is -2.43. The van der Waals surface area contributed by atoms with Gasteiger partial charge in [0.05, 0.1) is 6.04 Å². The van der Waals surface area contributed by atoms with Crippen LogP contribution in [0.2, 0.25) is 0 Å². The lowest BCUT2D eigenvalue weighted by molar-refractivity contribution is 0.186. The van der Waals surface area contributed by atoms with Gasteiger partial charge in [-0.1, -0.05) is 0 Å². The fraction of sp³-hybridized carbons (Fsp3) is 0.583. The van der Waals surface area contributed by atoms with E-state index in [0.717, 1.165) is 43.4 Å². The molecular weight excluding hydrogens is 202 g/mol. The number of rotatable bonds is 0. The normalized spacial score (nSPS) is 24.6. The first-order valence-corrected chi connectivity index (χ1v) is 5.78. The van der Waals surface area contributed by atoms with Crippen LogP contribution in [0.15, 0.2) is 12.3 Å². The molecule has 2 aliphatic rings. The van der Waals surface area contributed by atoms with Gasteiger partial charge in [0.15, 0.2) is 11.6 Å². The van der Waals surface area contributed by atoms with E-state index >= 15 is 0 Å². The van der Waals surface area contributed by atoms with Crippen LogP contribution < -0.4 is 9.64 Å². The largest absolute Gasteiger partial charge is 0.487 e. The third-order valence-corrected chi connectivity index (χ3v) is 3.36. The fourth-order valence-corrected chi connectivity index (χ4v) is 2.48. The number of aryl methyl sites for hydroxylation is 1. The summed E-state index contributed by atoms with van der Waals surface area (Å²) in [4.78, 5) is 9.25. The van der Waals surface area contributed by atoms with Gasteiger partial charge in [0.25, 0.3) is 0 Å². The van der Waals surface area contributed by atoms with Gasteiger partial charge < -0.3 is 14.5 Å². The summed E-state index contributed by atoms with van der Waals surface area (Å²) in [6.07, 6.45) is 1.92. The first-order valence-electron chi connectivity index (χ1n) is 5.78. The highest BCUT2D eigenvalue weighted by atomic mass is 16.5. The van der Waals surface area contributed by atoms with Crippen molar-refractivity contribution in [1.29, 1.82) is 0 Å². The van der Waals surface area contributed by atoms with E-state index in [2.05, 4.69) is 27.9 Å². The molecule has 0 N–H and O–H groups in total. The Kier molecular flexibility index (Phi) is 2.24. The van der Waals surface area contributed by atoms with Gasteiger partial charge in [0.2, 0.25) is 0 Å². The first kappa shape index (κ1) is 9.90. The molecule has 1 atom stereocenters. The number of piperazine rings is 1. The fourth-order valence-electron chi connectivity index (χ4n) is 2.48. The standard InChI is InChI=1S/C12H17N3O/c1-9-5-11-12(13-6-9)15-4-3-14(2)7-10(15)8-16-11/h5-6,10H,3-4,7-8H2,1-2H3/t10-/m1/s1. The van der Waals surface area contributed by atoms with Crippen molar-refractivity contribution < 1.29 is 4.74 Å². The molecule has 0 spiro atoms. The average Bonchev–Trinajstić information content (AvgIpc) is 2.28. The zero-order valence-electron chi connectivity index (χ0n) is 9.81. The highest BCUT2D eigenvalue weighted by molar-refractivity contribution is 5.56. The van der Waals surface area contributed by atoms with E-state index < -0.39 is 0 Å². The Hall–Kier alpha value is -1.29. The van der Waals surface area contributed by atoms with E-state index in [9.17, 15) is 0 Å². The van der Waals surface area contributed by atoms with Crippen LogP contribution in [-0.4, -0.2) is 49.2 Å². The summed E-state index contributed by atoms with van der Waals surface area (Å²) in [7, 11) is 2.16. The number of fused-ring (bicyclic) bond motifs is 3. The Balaban J connectivity index is 1.94. The second-order valence-electron chi connectivity index (χ2n) is 4.75. The molecule has 0 saturated carbocycles. The number of aromatic nitrogens is 1. The summed E-state index contributed by atoms with van der Waals surface area (Å²) in [6, 6.07) is 2.54. The molecule has 16 heavy (non-hydrogen) atoms. The summed E-state index contributed by atoms with van der Waals surface area (Å²) in [5.41, 5.74) is 1.16. The predicted octanol–water partition coefficient (Wildman–Crippen LogP) is 0.903. The SMILES string of the molecule is Cc1cnc2c(c1)OC[C@H]1CN(C)CCN21. The van der Waals surface area contributed by atoms with Crippen LogP contribution in [0.3, 0.4) is 0 Å². The van der Waals surface area contributed by atoms with E-state index in [4.69, 9.17) is 4.74 Å². The zero-order chi connectivity index (χ0) is 11.1. The van der Waals surface area contributed by atoms with Crippen LogP contribution in [0.5, 0.6) is 5.75 Å². The number of nitrogens with zero attached hydrogens (tertiary/aromatic N) is 3. The third-order valence-electron chi connectivity index (χ3n) is 3.36. The molecule has 4 nitrogen and oxygen atoms in total. The molecule has 4 heteroatoms. The molecule has 1 aromatic rings. The maximum absolute atomic E-state index is 5.79. The van der Waals surface area contributed by atoms with Crippen LogP contribution in [0.4, 0.5) is 5.82 Å². The molecule has 1 saturated heterocycles. The van der Waals surface area contributed by atoms with Gasteiger partial charge in [-0.2, -0.15) is 0 Å². The van der Waals surface area contributed by atoms with Gasteiger partial charge in [0, 0.05) is 25.8 Å². The topological polar surface area (TPSA) is 28.6 Å². The molecule has 2 aliphatic heterocycles. The van der Waals surface area contributed by atoms with E-state index in [1.807, 2.05) is 13.1 Å². The molecule has 3 heterocycles. The molecule has 0 amide bonds. The Morgan fingerprint density at radius 3 is 3.19 bits per heavy atom. The molecule has 0 bridgehead atoms. The van der Waals surface area contributed by atoms with Gasteiger partial charge in [-0.15, -0.1) is 0 Å². The van der Waals surface area contributed by atoms with E-state index in [-0.39, 0.29) is 0 Å². The van der Waals surface area contributed by atoms with Crippen LogP contribution in [0, 0.1) is 6.92 Å². The molecule has 86 valence electrons. The van der Waals surface area contributed by atoms with Crippen molar-refractivity contribution in [1.82, 2.24) is 9.88 Å². The Bertz CT molecular complexity index is 407. The average molecular weight is 219 g/mol. The monoisotopic (exact) mass is 219 g/mol. The molecule has 0 unspecified atom stereocenters. The summed E-state index contributed by atoms with van der Waals surface area (Å²) in [5, 5.41) is 0. The zero-order valence-corrected chi connectivity index (χ0v) is 9.81. The molecule has 1 fully saturated rings. The summed E-state index contributed by atoms with van der Waals surface area (Å²) in [6.45, 7) is 6.04. The third kappa shape index (κ3) is 1.53. The number of anilines is 1. The molecule has 3 rings (SSSR count). The highest BCUT2D eigenvalue weighted by Crippen LogP contribution is 2.33. The van der Waals surface area contributed by atoms with Crippen molar-refractivity contribution in [3.05, 3.63) is 17.8 Å². The van der Waals surface area contributed by atoms with Gasteiger partial charge in [-0.3, -0.25) is 0 Å². The van der Waals surface area contributed by atoms with Crippen LogP contribution >= 0.6 is 0 Å². The van der Waals surface area contributed by atoms with Crippen LogP contribution in [-0.2, 0) is 0 Å². The van der Waals surface area contributed by atoms with Crippen molar-refractivity contribution in [2.75, 3.05) is 38.2 Å². The van der Waals surface area contributed by atoms with Crippen LogP contribution in [0.1, 0.15) is 5.56 Å². The second-order valence-corrected chi connectivity index (χ2v) is 4.75. The quantitative estimate of drug-likeness (QED) is 0.648. The minimum atomic E-state index is 0.460. The highest BCUT2D eigenvalue weighted by Gasteiger charge is 2.32. The summed E-state index contributed by atoms with van der Waals surface area (Å²) >= 11 is 0. The number of ether oxygens (including phenoxy) is 1. The van der Waals surface area contributed by atoms with Crippen molar-refractivity contribution >= 4 is 5.82 Å². The Morgan fingerprint density at radius 2 is 2.31 bits per heavy atom. The predicted molar refractivity (Wildman–Crippen MR) is 63.1 cm³/mol. The maximum Gasteiger partial charge on any atom is 0.171 e. The number of hydrogen-bond acceptors (Lipinski definition) is 4. The molecular formula is C12H17N3O. The van der Waals surface area contributed by atoms with E-state index in [1.165, 1.54) is 0 Å². The second kappa shape index (κ2) is 3.63. The first-order chi connectivity index (χ1) is 7.74. The Morgan fingerprint density at radius 1 is 1.44 bits per heavy atom. The lowest BCUT2D eigenvalue weighted by Crippen LogP contribution is -2.56. The van der Waals surface area contributed by atoms with Crippen molar-refractivity contribution in [2.45, 2.75) is 13.0 Å². The van der Waals surface area contributed by atoms with Gasteiger partial charge >= 0.3 is 0 Å². The van der Waals surface area contributed by atoms with Gasteiger partial charge in [-0.05, 0) is 25.6 Å². The maximum atomic E-state index is 5.79. The molecule has 1 aromatic heterocycles. The number of pyridine rings is 1. The summed E-state index contributed by atoms with van der Waals surface area (Å²) < 4.78 is 5.79. The summed E-state index contributed by atoms with van der Waals surface area (Å²) in [5.74, 6) is 1.97. The van der Waals surface area contributed by atoms with Gasteiger partial charge in [0.1, 0.15) is 6.61 Å². The van der Waals surface area contributed by atoms with Crippen molar-refractivity contribution in [2.24, 2.45) is 0 Å². The lowest BCUT2D eigenvalue weighted by atomic mass is 10.1. The Labute approximate surface area is 95.8 Å². The van der Waals surface area contributed by atoms with Crippen molar-refractivity contribution in [3.63, 3.8) is 0 Å². The van der Waals surface area contributed by atoms with E-state index in [0.29, 0.717) is 6.04 Å².